The number of aromatic nitrogens is 1. The van der Waals surface area contributed by atoms with Crippen LogP contribution in [0.5, 0.6) is 0 Å². The SMILES string of the molecule is CCOC(=O)Nc1snc(C)c1/C(C)=N/Nc1cc(C(=O)[O-])ccc1Cl. The van der Waals surface area contributed by atoms with E-state index in [4.69, 9.17) is 16.3 Å². The molecule has 1 amide bonds. The van der Waals surface area contributed by atoms with Crippen LogP contribution < -0.4 is 15.8 Å². The summed E-state index contributed by atoms with van der Waals surface area (Å²) in [6.45, 7) is 5.46. The van der Waals surface area contributed by atoms with Crippen molar-refractivity contribution in [1.29, 1.82) is 0 Å². The summed E-state index contributed by atoms with van der Waals surface area (Å²) in [4.78, 5) is 22.6. The molecule has 138 valence electrons. The molecular formula is C16H16ClN4O4S-. The van der Waals surface area contributed by atoms with Crippen molar-refractivity contribution in [3.8, 4) is 0 Å². The minimum atomic E-state index is -1.32. The first-order valence-electron chi connectivity index (χ1n) is 7.55. The average Bonchev–Trinajstić information content (AvgIpc) is 2.94. The van der Waals surface area contributed by atoms with E-state index in [1.165, 1.54) is 18.2 Å². The molecule has 26 heavy (non-hydrogen) atoms. The lowest BCUT2D eigenvalue weighted by Gasteiger charge is -2.09. The Kier molecular flexibility index (Phi) is 6.53. The molecule has 8 nitrogen and oxygen atoms in total. The van der Waals surface area contributed by atoms with Crippen LogP contribution in [0, 0.1) is 6.92 Å². The third-order valence-electron chi connectivity index (χ3n) is 3.26. The Morgan fingerprint density at radius 1 is 1.42 bits per heavy atom. The van der Waals surface area contributed by atoms with Gasteiger partial charge in [-0.25, -0.2) is 4.79 Å². The maximum absolute atomic E-state index is 11.6. The molecule has 0 atom stereocenters. The first-order valence-corrected chi connectivity index (χ1v) is 8.70. The second kappa shape index (κ2) is 8.63. The van der Waals surface area contributed by atoms with Crippen LogP contribution in [0.1, 0.15) is 35.5 Å². The predicted molar refractivity (Wildman–Crippen MR) is 99.1 cm³/mol. The fourth-order valence-corrected chi connectivity index (χ4v) is 3.07. The number of nitrogens with zero attached hydrogens (tertiary/aromatic N) is 2. The zero-order chi connectivity index (χ0) is 19.3. The van der Waals surface area contributed by atoms with Gasteiger partial charge >= 0.3 is 6.09 Å². The van der Waals surface area contributed by atoms with Gasteiger partial charge in [0.1, 0.15) is 5.00 Å². The molecule has 0 spiro atoms. The topological polar surface area (TPSA) is 116 Å². The Balaban J connectivity index is 2.25. The summed E-state index contributed by atoms with van der Waals surface area (Å²) in [5.74, 6) is -1.32. The van der Waals surface area contributed by atoms with Crippen LogP contribution in [-0.4, -0.2) is 28.8 Å². The number of aromatic carboxylic acids is 1. The van der Waals surface area contributed by atoms with Gasteiger partial charge in [0, 0.05) is 0 Å². The summed E-state index contributed by atoms with van der Waals surface area (Å²) in [7, 11) is 0. The van der Waals surface area contributed by atoms with Crippen molar-refractivity contribution in [2.75, 3.05) is 17.3 Å². The monoisotopic (exact) mass is 395 g/mol. The number of anilines is 2. The van der Waals surface area contributed by atoms with Crippen molar-refractivity contribution in [2.24, 2.45) is 5.10 Å². The van der Waals surface area contributed by atoms with Gasteiger partial charge in [-0.2, -0.15) is 9.47 Å². The molecule has 2 N–H and O–H groups in total. The van der Waals surface area contributed by atoms with Gasteiger partial charge in [-0.3, -0.25) is 10.7 Å². The zero-order valence-corrected chi connectivity index (χ0v) is 15.8. The summed E-state index contributed by atoms with van der Waals surface area (Å²) in [5, 5.41) is 18.6. The number of amides is 1. The highest BCUT2D eigenvalue weighted by Crippen LogP contribution is 2.27. The lowest BCUT2D eigenvalue weighted by Crippen LogP contribution is -2.22. The van der Waals surface area contributed by atoms with Gasteiger partial charge in [-0.1, -0.05) is 17.7 Å². The summed E-state index contributed by atoms with van der Waals surface area (Å²) in [6.07, 6.45) is -0.581. The lowest BCUT2D eigenvalue weighted by atomic mass is 10.1. The van der Waals surface area contributed by atoms with Crippen molar-refractivity contribution in [3.63, 3.8) is 0 Å². The first kappa shape index (κ1) is 19.7. The Morgan fingerprint density at radius 2 is 2.15 bits per heavy atom. The number of carboxylic acid groups (broad SMARTS) is 1. The number of benzene rings is 1. The smallest absolute Gasteiger partial charge is 0.412 e. The molecule has 10 heteroatoms. The Hall–Kier alpha value is -2.65. The van der Waals surface area contributed by atoms with E-state index in [0.717, 1.165) is 11.5 Å². The van der Waals surface area contributed by atoms with Gasteiger partial charge in [-0.15, -0.1) is 0 Å². The van der Waals surface area contributed by atoms with Gasteiger partial charge in [0.05, 0.1) is 40.3 Å². The van der Waals surface area contributed by atoms with Crippen molar-refractivity contribution in [2.45, 2.75) is 20.8 Å². The van der Waals surface area contributed by atoms with Crippen molar-refractivity contribution >= 4 is 51.6 Å². The third-order valence-corrected chi connectivity index (χ3v) is 4.45. The number of carbonyl (C=O) groups is 2. The number of nitrogens with one attached hydrogen (secondary N) is 2. The second-order valence-electron chi connectivity index (χ2n) is 5.11. The van der Waals surface area contributed by atoms with Crippen LogP contribution in [0.4, 0.5) is 15.5 Å². The van der Waals surface area contributed by atoms with E-state index >= 15 is 0 Å². The molecule has 2 aromatic rings. The Bertz CT molecular complexity index is 866. The van der Waals surface area contributed by atoms with E-state index in [-0.39, 0.29) is 12.2 Å². The molecule has 2 rings (SSSR count). The van der Waals surface area contributed by atoms with Gasteiger partial charge in [0.2, 0.25) is 0 Å². The molecule has 0 aliphatic carbocycles. The number of aryl methyl sites for hydroxylation is 1. The van der Waals surface area contributed by atoms with Crippen LogP contribution >= 0.6 is 23.1 Å². The van der Waals surface area contributed by atoms with Crippen LogP contribution in [0.3, 0.4) is 0 Å². The van der Waals surface area contributed by atoms with Crippen LogP contribution in [0.15, 0.2) is 23.3 Å². The maximum Gasteiger partial charge on any atom is 0.412 e. The van der Waals surface area contributed by atoms with Crippen LogP contribution in [0.25, 0.3) is 0 Å². The predicted octanol–water partition coefficient (Wildman–Crippen LogP) is 2.87. The number of halogens is 1. The molecule has 1 aromatic carbocycles. The normalized spacial score (nSPS) is 11.2. The lowest BCUT2D eigenvalue weighted by molar-refractivity contribution is -0.255. The fraction of sp³-hybridized carbons (Fsp3) is 0.250. The zero-order valence-electron chi connectivity index (χ0n) is 14.3. The van der Waals surface area contributed by atoms with E-state index < -0.39 is 12.1 Å². The summed E-state index contributed by atoms with van der Waals surface area (Å²) >= 11 is 7.15. The minimum Gasteiger partial charge on any atom is -0.545 e. The molecule has 0 unspecified atom stereocenters. The summed E-state index contributed by atoms with van der Waals surface area (Å²) in [5.41, 5.74) is 4.86. The molecule has 0 aliphatic heterocycles. The quantitative estimate of drug-likeness (QED) is 0.573. The molecule has 1 aromatic heterocycles. The van der Waals surface area contributed by atoms with Crippen molar-refractivity contribution < 1.29 is 19.4 Å². The van der Waals surface area contributed by atoms with Crippen molar-refractivity contribution in [3.05, 3.63) is 40.0 Å². The number of carbonyl (C=O) groups excluding carboxylic acids is 2. The molecule has 0 aliphatic rings. The Labute approximate surface area is 159 Å². The van der Waals surface area contributed by atoms with Gasteiger partial charge < -0.3 is 14.6 Å². The van der Waals surface area contributed by atoms with E-state index in [1.54, 1.807) is 20.8 Å². The standard InChI is InChI=1S/C16H17ClN4O4S/c1-4-25-16(24)18-14-13(9(3)21-26-14)8(2)19-20-12-7-10(15(22)23)5-6-11(12)17/h5-7,20H,4H2,1-3H3,(H,18,24)(H,22,23)/p-1/b19-8+. The number of hydrogen-bond donors (Lipinski definition) is 2. The highest BCUT2D eigenvalue weighted by Gasteiger charge is 2.16. The molecule has 0 bridgehead atoms. The number of carboxylic acids is 1. The van der Waals surface area contributed by atoms with Gasteiger partial charge in [-0.05, 0) is 50.0 Å². The Morgan fingerprint density at radius 3 is 2.81 bits per heavy atom. The summed E-state index contributed by atoms with van der Waals surface area (Å²) in [6, 6.07) is 4.10. The van der Waals surface area contributed by atoms with Crippen LogP contribution in [-0.2, 0) is 4.74 Å². The minimum absolute atomic E-state index is 0.0252. The largest absolute Gasteiger partial charge is 0.545 e. The van der Waals surface area contributed by atoms with Gasteiger partial charge in [0.25, 0.3) is 0 Å². The number of ether oxygens (including phenoxy) is 1. The van der Waals surface area contributed by atoms with Crippen molar-refractivity contribution in [1.82, 2.24) is 4.37 Å². The molecule has 0 radical (unpaired) electrons. The van der Waals surface area contributed by atoms with Crippen LogP contribution in [0.2, 0.25) is 5.02 Å². The van der Waals surface area contributed by atoms with E-state index in [9.17, 15) is 14.7 Å². The molecule has 0 saturated heterocycles. The fourth-order valence-electron chi connectivity index (χ4n) is 2.08. The number of hydrogen-bond acceptors (Lipinski definition) is 8. The highest BCUT2D eigenvalue weighted by atomic mass is 35.5. The van der Waals surface area contributed by atoms with E-state index in [0.29, 0.717) is 32.7 Å². The number of hydrazone groups is 1. The first-order chi connectivity index (χ1) is 12.3. The van der Waals surface area contributed by atoms with Gasteiger partial charge in [0.15, 0.2) is 0 Å². The highest BCUT2D eigenvalue weighted by molar-refractivity contribution is 7.11. The van der Waals surface area contributed by atoms with E-state index in [2.05, 4.69) is 20.2 Å². The molecule has 1 heterocycles. The number of rotatable bonds is 6. The maximum atomic E-state index is 11.6. The molecule has 0 saturated carbocycles. The third kappa shape index (κ3) is 4.70. The average molecular weight is 396 g/mol. The summed E-state index contributed by atoms with van der Waals surface area (Å²) < 4.78 is 9.08. The molecule has 0 fully saturated rings. The molecular weight excluding hydrogens is 380 g/mol. The van der Waals surface area contributed by atoms with E-state index in [1.807, 2.05) is 0 Å². The second-order valence-corrected chi connectivity index (χ2v) is 6.29.